The number of nitrogens with two attached hydrogens (primary N) is 1. The van der Waals surface area contributed by atoms with Gasteiger partial charge in [-0.2, -0.15) is 0 Å². The fraction of sp³-hybridized carbons (Fsp3) is 0.167. The Morgan fingerprint density at radius 2 is 1.75 bits per heavy atom. The first-order chi connectivity index (χ1) is 9.29. The summed E-state index contributed by atoms with van der Waals surface area (Å²) in [6.07, 6.45) is 1.18. The van der Waals surface area contributed by atoms with E-state index in [4.69, 9.17) is 17.3 Å². The molecule has 0 fully saturated rings. The minimum Gasteiger partial charge on any atom is -0.399 e. The summed E-state index contributed by atoms with van der Waals surface area (Å²) >= 11 is 5.70. The maximum absolute atomic E-state index is 12.4. The van der Waals surface area contributed by atoms with Gasteiger partial charge in [-0.15, -0.1) is 0 Å². The topological polar surface area (TPSA) is 98.0 Å². The van der Waals surface area contributed by atoms with Gasteiger partial charge in [0.15, 0.2) is 0 Å². The maximum Gasteiger partial charge on any atom is 0.263 e. The second kappa shape index (κ2) is 5.26. The van der Waals surface area contributed by atoms with Gasteiger partial charge in [0.25, 0.3) is 10.0 Å². The first-order valence-corrected chi connectivity index (χ1v) is 7.53. The van der Waals surface area contributed by atoms with Crippen LogP contribution in [0, 0.1) is 13.8 Å². The molecule has 0 bridgehead atoms. The van der Waals surface area contributed by atoms with Crippen LogP contribution in [0.15, 0.2) is 29.4 Å². The highest BCUT2D eigenvalue weighted by molar-refractivity contribution is 7.92. The average Bonchev–Trinajstić information content (AvgIpc) is 2.25. The Labute approximate surface area is 122 Å². The Kier molecular flexibility index (Phi) is 3.82. The third-order valence-electron chi connectivity index (χ3n) is 2.62. The number of halogens is 1. The van der Waals surface area contributed by atoms with Gasteiger partial charge in [0.05, 0.1) is 4.90 Å². The summed E-state index contributed by atoms with van der Waals surface area (Å²) in [5.41, 5.74) is 7.34. The quantitative estimate of drug-likeness (QED) is 0.668. The fourth-order valence-corrected chi connectivity index (χ4v) is 3.59. The monoisotopic (exact) mass is 312 g/mol. The Bertz CT molecular complexity index is 739. The van der Waals surface area contributed by atoms with Crippen LogP contribution in [-0.4, -0.2) is 18.4 Å². The molecule has 0 aliphatic carbocycles. The van der Waals surface area contributed by atoms with Crippen molar-refractivity contribution in [2.45, 2.75) is 18.7 Å². The van der Waals surface area contributed by atoms with Gasteiger partial charge in [0.1, 0.15) is 17.3 Å². The summed E-state index contributed by atoms with van der Waals surface area (Å²) in [5, 5.41) is 0.156. The molecule has 0 aliphatic rings. The molecular formula is C12H13ClN4O2S. The van der Waals surface area contributed by atoms with E-state index in [1.165, 1.54) is 12.4 Å². The molecule has 1 heterocycles. The molecular weight excluding hydrogens is 300 g/mol. The lowest BCUT2D eigenvalue weighted by Gasteiger charge is -2.13. The fourth-order valence-electron chi connectivity index (χ4n) is 1.99. The molecule has 8 heteroatoms. The zero-order valence-corrected chi connectivity index (χ0v) is 12.5. The Morgan fingerprint density at radius 1 is 1.15 bits per heavy atom. The number of nitrogens with one attached hydrogen (secondary N) is 1. The Morgan fingerprint density at radius 3 is 2.30 bits per heavy atom. The third kappa shape index (κ3) is 3.00. The molecule has 0 saturated heterocycles. The molecule has 1 aromatic heterocycles. The zero-order chi connectivity index (χ0) is 14.9. The van der Waals surface area contributed by atoms with E-state index < -0.39 is 10.0 Å². The lowest BCUT2D eigenvalue weighted by Crippen LogP contribution is -2.16. The maximum atomic E-state index is 12.4. The van der Waals surface area contributed by atoms with Crippen molar-refractivity contribution in [3.8, 4) is 0 Å². The largest absolute Gasteiger partial charge is 0.399 e. The Hall–Kier alpha value is -1.86. The molecule has 20 heavy (non-hydrogen) atoms. The van der Waals surface area contributed by atoms with Gasteiger partial charge in [0, 0.05) is 11.8 Å². The van der Waals surface area contributed by atoms with Crippen LogP contribution in [0.25, 0.3) is 0 Å². The number of nitrogen functional groups attached to an aromatic ring is 1. The highest BCUT2D eigenvalue weighted by Gasteiger charge is 2.20. The number of benzene rings is 1. The van der Waals surface area contributed by atoms with Gasteiger partial charge >= 0.3 is 0 Å². The van der Waals surface area contributed by atoms with Crippen molar-refractivity contribution >= 4 is 33.1 Å². The summed E-state index contributed by atoms with van der Waals surface area (Å²) in [7, 11) is -3.76. The number of aryl methyl sites for hydroxylation is 2. The Balaban J connectivity index is 2.46. The number of hydrogen-bond acceptors (Lipinski definition) is 5. The average molecular weight is 313 g/mol. The van der Waals surface area contributed by atoms with Crippen molar-refractivity contribution in [2.75, 3.05) is 10.5 Å². The number of sulfonamides is 1. The van der Waals surface area contributed by atoms with Crippen LogP contribution < -0.4 is 10.5 Å². The van der Waals surface area contributed by atoms with Crippen molar-refractivity contribution < 1.29 is 8.42 Å². The third-order valence-corrected chi connectivity index (χ3v) is 4.49. The molecule has 0 unspecified atom stereocenters. The molecule has 0 atom stereocenters. The number of rotatable bonds is 3. The van der Waals surface area contributed by atoms with Gasteiger partial charge in [-0.25, -0.2) is 18.4 Å². The molecule has 2 aromatic rings. The molecule has 2 rings (SSSR count). The predicted molar refractivity (Wildman–Crippen MR) is 78.2 cm³/mol. The van der Waals surface area contributed by atoms with Gasteiger partial charge in [-0.05, 0) is 37.1 Å². The first kappa shape index (κ1) is 14.5. The van der Waals surface area contributed by atoms with E-state index in [1.54, 1.807) is 26.0 Å². The standard InChI is InChI=1S/C12H13ClN4O2S/c1-7-3-9(14)4-8(2)12(7)20(18,19)17-11-5-10(13)15-6-16-11/h3-6H,14H2,1-2H3,(H,15,16,17). The van der Waals surface area contributed by atoms with E-state index in [1.807, 2.05) is 0 Å². The van der Waals surface area contributed by atoms with Crippen molar-refractivity contribution in [3.63, 3.8) is 0 Å². The lowest BCUT2D eigenvalue weighted by molar-refractivity contribution is 0.600. The SMILES string of the molecule is Cc1cc(N)cc(C)c1S(=O)(=O)Nc1cc(Cl)ncn1. The van der Waals surface area contributed by atoms with Crippen LogP contribution >= 0.6 is 11.6 Å². The molecule has 0 amide bonds. The second-order valence-corrected chi connectivity index (χ2v) is 6.32. The second-order valence-electron chi connectivity index (χ2n) is 4.32. The zero-order valence-electron chi connectivity index (χ0n) is 10.9. The normalized spacial score (nSPS) is 11.3. The smallest absolute Gasteiger partial charge is 0.263 e. The van der Waals surface area contributed by atoms with E-state index in [-0.39, 0.29) is 15.9 Å². The van der Waals surface area contributed by atoms with Crippen LogP contribution in [0.5, 0.6) is 0 Å². The van der Waals surface area contributed by atoms with Gasteiger partial charge < -0.3 is 5.73 Å². The number of hydrogen-bond donors (Lipinski definition) is 2. The molecule has 0 saturated carbocycles. The van der Waals surface area contributed by atoms with Gasteiger partial charge in [-0.1, -0.05) is 11.6 Å². The number of anilines is 2. The van der Waals surface area contributed by atoms with Gasteiger partial charge in [0.2, 0.25) is 0 Å². The van der Waals surface area contributed by atoms with E-state index in [0.717, 1.165) is 0 Å². The van der Waals surface area contributed by atoms with Gasteiger partial charge in [-0.3, -0.25) is 4.72 Å². The summed E-state index contributed by atoms with van der Waals surface area (Å²) in [6.45, 7) is 3.37. The molecule has 0 aliphatic heterocycles. The highest BCUT2D eigenvalue weighted by Crippen LogP contribution is 2.25. The first-order valence-electron chi connectivity index (χ1n) is 5.66. The summed E-state index contributed by atoms with van der Waals surface area (Å²) in [5.74, 6) is 0.112. The van der Waals surface area contributed by atoms with E-state index in [0.29, 0.717) is 16.8 Å². The van der Waals surface area contributed by atoms with Crippen LogP contribution in [0.2, 0.25) is 5.15 Å². The van der Waals surface area contributed by atoms with E-state index in [2.05, 4.69) is 14.7 Å². The lowest BCUT2D eigenvalue weighted by atomic mass is 10.1. The number of nitrogens with zero attached hydrogens (tertiary/aromatic N) is 2. The van der Waals surface area contributed by atoms with Crippen LogP contribution in [0.3, 0.4) is 0 Å². The summed E-state index contributed by atoms with van der Waals surface area (Å²) < 4.78 is 27.2. The molecule has 106 valence electrons. The minimum absolute atomic E-state index is 0.112. The van der Waals surface area contributed by atoms with Crippen molar-refractivity contribution in [1.82, 2.24) is 9.97 Å². The van der Waals surface area contributed by atoms with Crippen LogP contribution in [0.1, 0.15) is 11.1 Å². The van der Waals surface area contributed by atoms with Crippen LogP contribution in [-0.2, 0) is 10.0 Å². The molecule has 3 N–H and O–H groups in total. The summed E-state index contributed by atoms with van der Waals surface area (Å²) in [4.78, 5) is 7.69. The summed E-state index contributed by atoms with van der Waals surface area (Å²) in [6, 6.07) is 4.55. The highest BCUT2D eigenvalue weighted by atomic mass is 35.5. The molecule has 1 aromatic carbocycles. The minimum atomic E-state index is -3.76. The molecule has 0 radical (unpaired) electrons. The van der Waals surface area contributed by atoms with E-state index >= 15 is 0 Å². The molecule has 0 spiro atoms. The van der Waals surface area contributed by atoms with Crippen LogP contribution in [0.4, 0.5) is 11.5 Å². The van der Waals surface area contributed by atoms with Crippen molar-refractivity contribution in [1.29, 1.82) is 0 Å². The van der Waals surface area contributed by atoms with Crippen molar-refractivity contribution in [2.24, 2.45) is 0 Å². The van der Waals surface area contributed by atoms with E-state index in [9.17, 15) is 8.42 Å². The van der Waals surface area contributed by atoms with Crippen molar-refractivity contribution in [3.05, 3.63) is 40.8 Å². The molecule has 6 nitrogen and oxygen atoms in total. The number of aromatic nitrogens is 2. The predicted octanol–water partition coefficient (Wildman–Crippen LogP) is 2.13.